The van der Waals surface area contributed by atoms with Crippen LogP contribution in [-0.2, 0) is 72.0 Å². The Morgan fingerprint density at radius 2 is 0.713 bits per heavy atom. The zero-order valence-electron chi connectivity index (χ0n) is 55.8. The predicted octanol–water partition coefficient (Wildman–Crippen LogP) is 1.66. The fourth-order valence-corrected chi connectivity index (χ4v) is 12.2. The molecule has 0 saturated carbocycles. The molecule has 0 radical (unpaired) electrons. The third kappa shape index (κ3) is 21.8. The number of carbonyl (C=O) groups is 11. The van der Waals surface area contributed by atoms with Gasteiger partial charge in [0.25, 0.3) is 0 Å². The molecule has 0 aliphatic carbocycles. The third-order valence-electron chi connectivity index (χ3n) is 17.3. The number of hydrogen-bond donors (Lipinski definition) is 12. The highest BCUT2D eigenvalue weighted by Crippen LogP contribution is 2.24. The number of nitrogens with one attached hydrogen (secondary N) is 9. The van der Waals surface area contributed by atoms with Crippen LogP contribution in [0.5, 0.6) is 5.75 Å². The first kappa shape index (κ1) is 74.6. The Hall–Kier alpha value is -8.45. The molecule has 0 bridgehead atoms. The lowest BCUT2D eigenvalue weighted by molar-refractivity contribution is -0.143. The lowest BCUT2D eigenvalue weighted by Gasteiger charge is -2.32. The van der Waals surface area contributed by atoms with Crippen LogP contribution in [0, 0.1) is 23.7 Å². The van der Waals surface area contributed by atoms with E-state index in [1.54, 1.807) is 100 Å². The van der Waals surface area contributed by atoms with Gasteiger partial charge in [-0.05, 0) is 130 Å². The van der Waals surface area contributed by atoms with Gasteiger partial charge in [-0.25, -0.2) is 0 Å². The average Bonchev–Trinajstić information content (AvgIpc) is 1.56. The van der Waals surface area contributed by atoms with E-state index in [4.69, 9.17) is 11.5 Å². The lowest BCUT2D eigenvalue weighted by atomic mass is 9.99. The molecule has 3 aromatic carbocycles. The molecule has 94 heavy (non-hydrogen) atoms. The smallest absolute Gasteiger partial charge is 0.246 e. The highest BCUT2D eigenvalue weighted by Gasteiger charge is 2.44. The van der Waals surface area contributed by atoms with E-state index >= 15 is 9.59 Å². The Morgan fingerprint density at radius 3 is 1.10 bits per heavy atom. The summed E-state index contributed by atoms with van der Waals surface area (Å²) in [5.41, 5.74) is 13.8. The minimum atomic E-state index is -1.38. The molecule has 3 fully saturated rings. The number of amides is 11. The molecule has 3 aliphatic heterocycles. The molecule has 25 heteroatoms. The first-order valence-corrected chi connectivity index (χ1v) is 33.4. The molecule has 0 unspecified atom stereocenters. The van der Waals surface area contributed by atoms with E-state index in [2.05, 4.69) is 47.9 Å². The summed E-state index contributed by atoms with van der Waals surface area (Å²) in [5.74, 6) is -9.31. The van der Waals surface area contributed by atoms with Crippen molar-refractivity contribution in [1.82, 2.24) is 57.7 Å². The molecule has 0 aromatic heterocycles. The Balaban J connectivity index is 1.43. The van der Waals surface area contributed by atoms with Crippen LogP contribution < -0.4 is 59.3 Å². The van der Waals surface area contributed by atoms with Gasteiger partial charge >= 0.3 is 0 Å². The van der Waals surface area contributed by atoms with Crippen LogP contribution in [0.25, 0.3) is 0 Å². The molecule has 3 aromatic rings. The van der Waals surface area contributed by atoms with Gasteiger partial charge in [-0.15, -0.1) is 0 Å². The Labute approximate surface area is 552 Å². The zero-order valence-corrected chi connectivity index (χ0v) is 55.8. The average molecular weight is 1300 g/mol. The maximum absolute atomic E-state index is 15.1. The van der Waals surface area contributed by atoms with E-state index in [1.165, 1.54) is 21.9 Å². The summed E-state index contributed by atoms with van der Waals surface area (Å²) in [5, 5.41) is 35.8. The third-order valence-corrected chi connectivity index (χ3v) is 17.3. The van der Waals surface area contributed by atoms with Crippen molar-refractivity contribution in [2.45, 2.75) is 205 Å². The maximum atomic E-state index is 15.1. The van der Waals surface area contributed by atoms with Crippen LogP contribution in [0.3, 0.4) is 0 Å². The number of benzene rings is 3. The van der Waals surface area contributed by atoms with Crippen molar-refractivity contribution in [2.75, 3.05) is 26.2 Å². The summed E-state index contributed by atoms with van der Waals surface area (Å²) in [6.07, 6.45) is 1.77. The van der Waals surface area contributed by atoms with E-state index in [9.17, 15) is 48.3 Å². The van der Waals surface area contributed by atoms with Crippen LogP contribution in [-0.4, -0.2) is 173 Å². The number of rotatable bonds is 18. The topological polar surface area (TPSA) is 375 Å². The molecule has 514 valence electrons. The van der Waals surface area contributed by atoms with Crippen molar-refractivity contribution in [1.29, 1.82) is 0 Å². The SMILES string of the molecule is CC(C)C[C@@H]1NC(=O)[C@H](CCCN)NC(=O)[C@H](C(C)C)NC(=O)[C@@H](Cc2ccc(O)cc2)NC(=O)[C@@H]2CCCN2C(=O)[C@@H](Cc2ccccc2)NC(=O)[C@H](CC(C)C)NC(=O)[C@H](CCCN)NC(=O)[C@H](C(C)C)NC(=O)[C@@H]2CCCN2C(=O)[C@@H](Cc2ccccc2)NC1=O. The van der Waals surface area contributed by atoms with Crippen LogP contribution >= 0.6 is 0 Å². The summed E-state index contributed by atoms with van der Waals surface area (Å²) in [6.45, 7) is 14.7. The largest absolute Gasteiger partial charge is 0.508 e. The molecule has 3 heterocycles. The summed E-state index contributed by atoms with van der Waals surface area (Å²) in [7, 11) is 0. The molecule has 3 aliphatic rings. The quantitative estimate of drug-likeness (QED) is 0.0863. The van der Waals surface area contributed by atoms with Crippen molar-refractivity contribution in [2.24, 2.45) is 35.1 Å². The van der Waals surface area contributed by atoms with Gasteiger partial charge in [-0.2, -0.15) is 0 Å². The fourth-order valence-electron chi connectivity index (χ4n) is 12.2. The zero-order chi connectivity index (χ0) is 68.8. The van der Waals surface area contributed by atoms with Gasteiger partial charge < -0.3 is 74.2 Å². The summed E-state index contributed by atoms with van der Waals surface area (Å²) in [4.78, 5) is 165. The van der Waals surface area contributed by atoms with E-state index in [0.29, 0.717) is 29.5 Å². The number of aromatic hydroxyl groups is 1. The molecule has 11 amide bonds. The first-order valence-electron chi connectivity index (χ1n) is 33.4. The number of phenols is 1. The first-order chi connectivity index (χ1) is 44.8. The summed E-state index contributed by atoms with van der Waals surface area (Å²) < 4.78 is 0. The fraction of sp³-hybridized carbons (Fsp3) is 0.580. The summed E-state index contributed by atoms with van der Waals surface area (Å²) >= 11 is 0. The lowest BCUT2D eigenvalue weighted by Crippen LogP contribution is -2.61. The standard InChI is InChI=1S/C69H101N13O12/c1-40(2)35-50-61(86)77-53(38-44-19-11-9-12-20-44)68(93)81-33-17-25-55(81)64(89)76-52(37-46-27-29-47(83)30-28-46)63(88)79-57(42(5)6)66(91)72-48(23-15-31-70)59(84)74-51(36-41(3)4)62(87)78-54(39-45-21-13-10-14-22-45)69(94)82-34-18-26-56(82)65(90)80-58(43(7)8)67(92)73-49(24-16-32-71)60(85)75-50/h9-14,19-22,27-30,40-43,48-58,83H,15-18,23-26,31-39,70-71H2,1-8H3,(H,72,91)(H,73,92)(H,74,84)(H,75,85)(H,76,89)(H,77,86)(H,78,87)(H,79,88)(H,80,90)/t48-,49-,50-,51-,52+,53+,54+,55-,56-,57-,58-/m0/s1. The number of phenolic OH excluding ortho intramolecular Hbond substituents is 1. The molecular weight excluding hydrogens is 1200 g/mol. The maximum Gasteiger partial charge on any atom is 0.246 e. The van der Waals surface area contributed by atoms with E-state index in [0.717, 1.165) is 0 Å². The van der Waals surface area contributed by atoms with Gasteiger partial charge in [0.1, 0.15) is 72.2 Å². The molecule has 0 spiro atoms. The van der Waals surface area contributed by atoms with Crippen LogP contribution in [0.4, 0.5) is 0 Å². The van der Waals surface area contributed by atoms with Gasteiger partial charge in [-0.3, -0.25) is 52.7 Å². The van der Waals surface area contributed by atoms with Gasteiger partial charge in [0.2, 0.25) is 65.0 Å². The number of fused-ring (bicyclic) bond motifs is 2. The van der Waals surface area contributed by atoms with E-state index < -0.39 is 143 Å². The number of nitrogens with two attached hydrogens (primary N) is 2. The monoisotopic (exact) mass is 1300 g/mol. The molecule has 11 atom stereocenters. The number of nitrogens with zero attached hydrogens (tertiary/aromatic N) is 2. The predicted molar refractivity (Wildman–Crippen MR) is 354 cm³/mol. The minimum Gasteiger partial charge on any atom is -0.508 e. The Morgan fingerprint density at radius 1 is 0.394 bits per heavy atom. The minimum absolute atomic E-state index is 0.00997. The second-order valence-electron chi connectivity index (χ2n) is 26.6. The second kappa shape index (κ2) is 36.3. The van der Waals surface area contributed by atoms with E-state index in [-0.39, 0.29) is 114 Å². The van der Waals surface area contributed by atoms with Crippen LogP contribution in [0.2, 0.25) is 0 Å². The van der Waals surface area contributed by atoms with Crippen molar-refractivity contribution in [3.8, 4) is 5.75 Å². The normalized spacial score (nSPS) is 25.8. The number of carbonyl (C=O) groups excluding carboxylic acids is 11. The van der Waals surface area contributed by atoms with Crippen molar-refractivity contribution in [3.63, 3.8) is 0 Å². The van der Waals surface area contributed by atoms with E-state index in [1.807, 2.05) is 27.7 Å². The molecular formula is C69H101N13O12. The van der Waals surface area contributed by atoms with Gasteiger partial charge in [-0.1, -0.05) is 128 Å². The highest BCUT2D eigenvalue weighted by atomic mass is 16.3. The van der Waals surface area contributed by atoms with Crippen molar-refractivity contribution >= 4 is 65.0 Å². The molecule has 25 nitrogen and oxygen atoms in total. The van der Waals surface area contributed by atoms with Crippen molar-refractivity contribution < 1.29 is 57.8 Å². The Kier molecular flexibility index (Phi) is 28.8. The second-order valence-corrected chi connectivity index (χ2v) is 26.6. The van der Waals surface area contributed by atoms with Crippen LogP contribution in [0.15, 0.2) is 84.9 Å². The summed E-state index contributed by atoms with van der Waals surface area (Å²) in [6, 6.07) is 10.1. The van der Waals surface area contributed by atoms with Gasteiger partial charge in [0.05, 0.1) is 0 Å². The van der Waals surface area contributed by atoms with Crippen molar-refractivity contribution in [3.05, 3.63) is 102 Å². The van der Waals surface area contributed by atoms with Gasteiger partial charge in [0, 0.05) is 32.4 Å². The Bertz CT molecular complexity index is 3060. The van der Waals surface area contributed by atoms with Crippen LogP contribution in [0.1, 0.15) is 136 Å². The molecule has 3 saturated heterocycles. The highest BCUT2D eigenvalue weighted by molar-refractivity contribution is 6.00. The molecule has 6 rings (SSSR count). The van der Waals surface area contributed by atoms with Gasteiger partial charge in [0.15, 0.2) is 0 Å². The number of hydrogen-bond acceptors (Lipinski definition) is 14. The molecule has 14 N–H and O–H groups in total.